The van der Waals surface area contributed by atoms with Crippen LogP contribution in [0.5, 0.6) is 0 Å². The van der Waals surface area contributed by atoms with Gasteiger partial charge >= 0.3 is 0 Å². The molecule has 0 aliphatic carbocycles. The number of nitro benzene ring substituents is 1. The maximum Gasteiger partial charge on any atom is 0.288 e. The van der Waals surface area contributed by atoms with Gasteiger partial charge in [-0.2, -0.15) is 0 Å². The molecule has 0 spiro atoms. The molecule has 0 fully saturated rings. The third kappa shape index (κ3) is 5.52. The van der Waals surface area contributed by atoms with Gasteiger partial charge in [0.1, 0.15) is 11.1 Å². The minimum Gasteiger partial charge on any atom is -0.350 e. The molecule has 0 aliphatic rings. The van der Waals surface area contributed by atoms with Crippen LogP contribution in [0.4, 0.5) is 5.69 Å². The molecule has 2 N–H and O–H groups in total. The third-order valence-corrected chi connectivity index (χ3v) is 4.27. The van der Waals surface area contributed by atoms with Crippen LogP contribution in [-0.4, -0.2) is 22.8 Å². The van der Waals surface area contributed by atoms with E-state index in [2.05, 4.69) is 10.6 Å². The Morgan fingerprint density at radius 3 is 2.41 bits per heavy atom. The Labute approximate surface area is 161 Å². The molecule has 2 aromatic rings. The van der Waals surface area contributed by atoms with Gasteiger partial charge in [-0.3, -0.25) is 19.7 Å². The van der Waals surface area contributed by atoms with E-state index in [0.717, 1.165) is 11.6 Å². The largest absolute Gasteiger partial charge is 0.350 e. The maximum absolute atomic E-state index is 12.5. The lowest BCUT2D eigenvalue weighted by Gasteiger charge is -2.22. The van der Waals surface area contributed by atoms with Crippen molar-refractivity contribution in [3.63, 3.8) is 0 Å². The summed E-state index contributed by atoms with van der Waals surface area (Å²) in [5.74, 6) is -1.08. The standard InChI is InChI=1S/C19H20ClN3O4/c1-12(2)17(19(25)21-11-13-6-4-3-5-7-13)22-18(24)14-8-9-15(20)16(10-14)23(26)27/h3-10,12,17H,11H2,1-2H3,(H,21,25)(H,22,24). The van der Waals surface area contributed by atoms with E-state index >= 15 is 0 Å². The van der Waals surface area contributed by atoms with E-state index in [1.54, 1.807) is 13.8 Å². The van der Waals surface area contributed by atoms with Gasteiger partial charge in [0.25, 0.3) is 11.6 Å². The molecule has 0 saturated heterocycles. The van der Waals surface area contributed by atoms with E-state index in [0.29, 0.717) is 6.54 Å². The Bertz CT molecular complexity index is 840. The summed E-state index contributed by atoms with van der Waals surface area (Å²) in [6.07, 6.45) is 0. The lowest BCUT2D eigenvalue weighted by molar-refractivity contribution is -0.384. The Hall–Kier alpha value is -2.93. The van der Waals surface area contributed by atoms with Crippen molar-refractivity contribution in [3.8, 4) is 0 Å². The van der Waals surface area contributed by atoms with Gasteiger partial charge < -0.3 is 10.6 Å². The van der Waals surface area contributed by atoms with Gasteiger partial charge in [-0.25, -0.2) is 0 Å². The predicted octanol–water partition coefficient (Wildman–Crippen LogP) is 3.32. The highest BCUT2D eigenvalue weighted by atomic mass is 35.5. The highest BCUT2D eigenvalue weighted by Gasteiger charge is 2.25. The number of rotatable bonds is 7. The topological polar surface area (TPSA) is 101 Å². The number of hydrogen-bond acceptors (Lipinski definition) is 4. The molecule has 1 atom stereocenters. The van der Waals surface area contributed by atoms with Gasteiger partial charge in [-0.1, -0.05) is 55.8 Å². The Balaban J connectivity index is 2.08. The van der Waals surface area contributed by atoms with Crippen LogP contribution in [0.2, 0.25) is 5.02 Å². The highest BCUT2D eigenvalue weighted by Crippen LogP contribution is 2.25. The number of benzene rings is 2. The second-order valence-electron chi connectivity index (χ2n) is 6.32. The number of carbonyl (C=O) groups excluding carboxylic acids is 2. The first-order valence-corrected chi connectivity index (χ1v) is 8.74. The number of nitro groups is 1. The molecule has 7 nitrogen and oxygen atoms in total. The quantitative estimate of drug-likeness (QED) is 0.560. The van der Waals surface area contributed by atoms with E-state index in [1.807, 2.05) is 30.3 Å². The Morgan fingerprint density at radius 1 is 1.15 bits per heavy atom. The van der Waals surface area contributed by atoms with Gasteiger partial charge in [-0.05, 0) is 23.6 Å². The van der Waals surface area contributed by atoms with Gasteiger partial charge in [-0.15, -0.1) is 0 Å². The second-order valence-corrected chi connectivity index (χ2v) is 6.73. The zero-order chi connectivity index (χ0) is 20.0. The van der Waals surface area contributed by atoms with E-state index in [-0.39, 0.29) is 28.1 Å². The minimum absolute atomic E-state index is 0.0578. The molecule has 8 heteroatoms. The maximum atomic E-state index is 12.5. The molecule has 0 radical (unpaired) electrons. The lowest BCUT2D eigenvalue weighted by atomic mass is 10.0. The molecule has 0 aromatic heterocycles. The van der Waals surface area contributed by atoms with Crippen molar-refractivity contribution >= 4 is 29.1 Å². The summed E-state index contributed by atoms with van der Waals surface area (Å²) in [5.41, 5.74) is 0.638. The van der Waals surface area contributed by atoms with Gasteiger partial charge in [0.05, 0.1) is 4.92 Å². The monoisotopic (exact) mass is 389 g/mol. The smallest absolute Gasteiger partial charge is 0.288 e. The molecule has 0 saturated carbocycles. The van der Waals surface area contributed by atoms with Crippen molar-refractivity contribution in [1.82, 2.24) is 10.6 Å². The molecule has 0 heterocycles. The summed E-state index contributed by atoms with van der Waals surface area (Å²) < 4.78 is 0. The molecule has 0 bridgehead atoms. The number of nitrogens with zero attached hydrogens (tertiary/aromatic N) is 1. The average Bonchev–Trinajstić information content (AvgIpc) is 2.64. The summed E-state index contributed by atoms with van der Waals surface area (Å²) in [5, 5.41) is 16.4. The van der Waals surface area contributed by atoms with Crippen molar-refractivity contribution in [3.05, 3.63) is 74.8 Å². The van der Waals surface area contributed by atoms with E-state index < -0.39 is 16.9 Å². The summed E-state index contributed by atoms with van der Waals surface area (Å²) in [4.78, 5) is 35.3. The minimum atomic E-state index is -0.782. The zero-order valence-electron chi connectivity index (χ0n) is 14.9. The molecule has 1 unspecified atom stereocenters. The first-order chi connectivity index (χ1) is 12.8. The van der Waals surface area contributed by atoms with Crippen molar-refractivity contribution in [1.29, 1.82) is 0 Å². The van der Waals surface area contributed by atoms with Crippen LogP contribution in [0.15, 0.2) is 48.5 Å². The average molecular weight is 390 g/mol. The summed E-state index contributed by atoms with van der Waals surface area (Å²) in [6.45, 7) is 3.94. The number of halogens is 1. The van der Waals surface area contributed by atoms with Crippen molar-refractivity contribution < 1.29 is 14.5 Å². The van der Waals surface area contributed by atoms with Crippen LogP contribution in [0.3, 0.4) is 0 Å². The van der Waals surface area contributed by atoms with E-state index in [9.17, 15) is 19.7 Å². The Morgan fingerprint density at radius 2 is 1.81 bits per heavy atom. The fourth-order valence-corrected chi connectivity index (χ4v) is 2.63. The lowest BCUT2D eigenvalue weighted by Crippen LogP contribution is -2.49. The molecule has 2 amide bonds. The fourth-order valence-electron chi connectivity index (χ4n) is 2.45. The molecule has 142 valence electrons. The number of carbonyl (C=O) groups is 2. The summed E-state index contributed by atoms with van der Waals surface area (Å²) >= 11 is 5.76. The van der Waals surface area contributed by atoms with Crippen LogP contribution in [-0.2, 0) is 11.3 Å². The first kappa shape index (κ1) is 20.4. The van der Waals surface area contributed by atoms with Crippen LogP contribution in [0.1, 0.15) is 29.8 Å². The van der Waals surface area contributed by atoms with Crippen LogP contribution in [0, 0.1) is 16.0 Å². The molecule has 2 aromatic carbocycles. The molecule has 27 heavy (non-hydrogen) atoms. The van der Waals surface area contributed by atoms with Gasteiger partial charge in [0.2, 0.25) is 5.91 Å². The fraction of sp³-hybridized carbons (Fsp3) is 0.263. The predicted molar refractivity (Wildman–Crippen MR) is 102 cm³/mol. The zero-order valence-corrected chi connectivity index (χ0v) is 15.7. The molecular weight excluding hydrogens is 370 g/mol. The number of nitrogens with one attached hydrogen (secondary N) is 2. The number of amides is 2. The summed E-state index contributed by atoms with van der Waals surface area (Å²) in [7, 11) is 0. The van der Waals surface area contributed by atoms with Gasteiger partial charge in [0.15, 0.2) is 0 Å². The van der Waals surface area contributed by atoms with E-state index in [4.69, 9.17) is 11.6 Å². The van der Waals surface area contributed by atoms with Crippen molar-refractivity contribution in [2.45, 2.75) is 26.4 Å². The van der Waals surface area contributed by atoms with Crippen LogP contribution >= 0.6 is 11.6 Å². The highest BCUT2D eigenvalue weighted by molar-refractivity contribution is 6.32. The van der Waals surface area contributed by atoms with Crippen LogP contribution < -0.4 is 10.6 Å². The second kappa shape index (κ2) is 9.14. The van der Waals surface area contributed by atoms with Crippen molar-refractivity contribution in [2.75, 3.05) is 0 Å². The molecule has 0 aliphatic heterocycles. The van der Waals surface area contributed by atoms with Gasteiger partial charge in [0, 0.05) is 18.2 Å². The summed E-state index contributed by atoms with van der Waals surface area (Å²) in [6, 6.07) is 12.4. The first-order valence-electron chi connectivity index (χ1n) is 8.36. The van der Waals surface area contributed by atoms with Crippen molar-refractivity contribution in [2.24, 2.45) is 5.92 Å². The third-order valence-electron chi connectivity index (χ3n) is 3.95. The normalized spacial score (nSPS) is 11.7. The SMILES string of the molecule is CC(C)C(NC(=O)c1ccc(Cl)c([N+](=O)[O-])c1)C(=O)NCc1ccccc1. The van der Waals surface area contributed by atoms with E-state index in [1.165, 1.54) is 12.1 Å². The Kier molecular flexibility index (Phi) is 6.90. The van der Waals surface area contributed by atoms with Crippen LogP contribution in [0.25, 0.3) is 0 Å². The molecular formula is C19H20ClN3O4. The number of hydrogen-bond donors (Lipinski definition) is 2. The molecule has 2 rings (SSSR count).